The number of thioether (sulfide) groups is 1. The van der Waals surface area contributed by atoms with Gasteiger partial charge < -0.3 is 15.2 Å². The predicted octanol–water partition coefficient (Wildman–Crippen LogP) is 5.21. The Labute approximate surface area is 206 Å². The van der Waals surface area contributed by atoms with E-state index in [2.05, 4.69) is 36.8 Å². The van der Waals surface area contributed by atoms with Crippen molar-refractivity contribution in [3.8, 4) is 0 Å². The topological polar surface area (TPSA) is 88.9 Å². The van der Waals surface area contributed by atoms with Gasteiger partial charge in [0.1, 0.15) is 0 Å². The minimum absolute atomic E-state index is 0.110. The number of hydrogen-bond donors (Lipinski definition) is 2. The Morgan fingerprint density at radius 2 is 1.82 bits per heavy atom. The van der Waals surface area contributed by atoms with Crippen LogP contribution in [-0.4, -0.2) is 32.3 Å². The number of rotatable bonds is 8. The molecule has 33 heavy (non-hydrogen) atoms. The van der Waals surface area contributed by atoms with Crippen LogP contribution in [0, 0.1) is 20.8 Å². The van der Waals surface area contributed by atoms with Gasteiger partial charge in [-0.25, -0.2) is 0 Å². The SMILES string of the molecule is CCn1c(SCC(=O)Nc2c(C)cc(Br)cc2C)nnc1[C@@H](C)NC(=O)c1cccc(C)c1. The Hall–Kier alpha value is -2.65. The number of benzene rings is 2. The van der Waals surface area contributed by atoms with Gasteiger partial charge in [-0.15, -0.1) is 10.2 Å². The normalized spacial score (nSPS) is 11.8. The first-order valence-electron chi connectivity index (χ1n) is 10.7. The number of carbonyl (C=O) groups excluding carboxylic acids is 2. The first-order chi connectivity index (χ1) is 15.7. The molecule has 1 atom stereocenters. The standard InChI is InChI=1S/C24H28BrN5O2S/c1-6-30-22(17(5)26-23(32)18-9-7-8-14(2)10-18)28-29-24(30)33-13-20(31)27-21-15(3)11-19(25)12-16(21)4/h7-12,17H,6,13H2,1-5H3,(H,26,32)(H,27,31)/t17-/m1/s1. The molecular weight excluding hydrogens is 502 g/mol. The van der Waals surface area contributed by atoms with Gasteiger partial charge in [0, 0.05) is 22.3 Å². The van der Waals surface area contributed by atoms with Crippen molar-refractivity contribution >= 4 is 45.2 Å². The second kappa shape index (κ2) is 11.0. The van der Waals surface area contributed by atoms with Gasteiger partial charge in [0.25, 0.3) is 5.91 Å². The van der Waals surface area contributed by atoms with Crippen LogP contribution in [0.1, 0.15) is 52.8 Å². The summed E-state index contributed by atoms with van der Waals surface area (Å²) in [5.74, 6) is 0.588. The lowest BCUT2D eigenvalue weighted by molar-refractivity contribution is -0.113. The van der Waals surface area contributed by atoms with E-state index in [1.54, 1.807) is 6.07 Å². The molecule has 7 nitrogen and oxygen atoms in total. The predicted molar refractivity (Wildman–Crippen MR) is 136 cm³/mol. The molecule has 2 aromatic carbocycles. The van der Waals surface area contributed by atoms with E-state index in [4.69, 9.17) is 0 Å². The van der Waals surface area contributed by atoms with Crippen LogP contribution in [0.3, 0.4) is 0 Å². The molecule has 0 aliphatic heterocycles. The maximum atomic E-state index is 12.6. The number of aryl methyl sites for hydroxylation is 3. The van der Waals surface area contributed by atoms with Crippen molar-refractivity contribution in [3.05, 3.63) is 68.9 Å². The van der Waals surface area contributed by atoms with E-state index in [1.165, 1.54) is 11.8 Å². The van der Waals surface area contributed by atoms with Crippen molar-refractivity contribution in [2.75, 3.05) is 11.1 Å². The quantitative estimate of drug-likeness (QED) is 0.391. The van der Waals surface area contributed by atoms with Crippen LogP contribution in [0.4, 0.5) is 5.69 Å². The minimum atomic E-state index is -0.332. The largest absolute Gasteiger partial charge is 0.342 e. The summed E-state index contributed by atoms with van der Waals surface area (Å²) in [7, 11) is 0. The number of halogens is 1. The van der Waals surface area contributed by atoms with Crippen molar-refractivity contribution in [2.24, 2.45) is 0 Å². The van der Waals surface area contributed by atoms with E-state index in [9.17, 15) is 9.59 Å². The number of anilines is 1. The number of hydrogen-bond acceptors (Lipinski definition) is 5. The molecular formula is C24H28BrN5O2S. The highest BCUT2D eigenvalue weighted by atomic mass is 79.9. The van der Waals surface area contributed by atoms with Gasteiger partial charge in [-0.3, -0.25) is 9.59 Å². The molecule has 0 fully saturated rings. The van der Waals surface area contributed by atoms with Crippen LogP contribution in [0.5, 0.6) is 0 Å². The molecule has 3 rings (SSSR count). The van der Waals surface area contributed by atoms with Crippen LogP contribution < -0.4 is 10.6 Å². The monoisotopic (exact) mass is 529 g/mol. The molecule has 0 saturated carbocycles. The molecule has 2 amide bonds. The maximum Gasteiger partial charge on any atom is 0.251 e. The molecule has 0 aliphatic carbocycles. The first-order valence-corrected chi connectivity index (χ1v) is 12.5. The van der Waals surface area contributed by atoms with E-state index < -0.39 is 0 Å². The third-order valence-electron chi connectivity index (χ3n) is 5.17. The van der Waals surface area contributed by atoms with Gasteiger partial charge in [-0.05, 0) is 70.0 Å². The van der Waals surface area contributed by atoms with Crippen molar-refractivity contribution < 1.29 is 9.59 Å². The van der Waals surface area contributed by atoms with E-state index in [0.29, 0.717) is 23.1 Å². The summed E-state index contributed by atoms with van der Waals surface area (Å²) < 4.78 is 2.91. The number of nitrogens with one attached hydrogen (secondary N) is 2. The fourth-order valence-electron chi connectivity index (χ4n) is 3.57. The highest BCUT2D eigenvalue weighted by Crippen LogP contribution is 2.26. The summed E-state index contributed by atoms with van der Waals surface area (Å²) in [5.41, 5.74) is 4.45. The van der Waals surface area contributed by atoms with Crippen molar-refractivity contribution in [1.29, 1.82) is 0 Å². The van der Waals surface area contributed by atoms with E-state index >= 15 is 0 Å². The lowest BCUT2D eigenvalue weighted by Crippen LogP contribution is -2.28. The number of aromatic nitrogens is 3. The van der Waals surface area contributed by atoms with E-state index in [-0.39, 0.29) is 23.6 Å². The average molecular weight is 530 g/mol. The molecule has 9 heteroatoms. The van der Waals surface area contributed by atoms with Crippen LogP contribution >= 0.6 is 27.7 Å². The zero-order valence-corrected chi connectivity index (χ0v) is 21.8. The third-order valence-corrected chi connectivity index (χ3v) is 6.60. The molecule has 3 aromatic rings. The fourth-order valence-corrected chi connectivity index (χ4v) is 5.06. The molecule has 0 saturated heterocycles. The van der Waals surface area contributed by atoms with Gasteiger partial charge in [0.15, 0.2) is 11.0 Å². The van der Waals surface area contributed by atoms with Gasteiger partial charge in [-0.1, -0.05) is 45.4 Å². The van der Waals surface area contributed by atoms with Gasteiger partial charge in [0.05, 0.1) is 11.8 Å². The number of nitrogens with zero attached hydrogens (tertiary/aromatic N) is 3. The van der Waals surface area contributed by atoms with E-state index in [0.717, 1.165) is 26.9 Å². The fraction of sp³-hybridized carbons (Fsp3) is 0.333. The van der Waals surface area contributed by atoms with Crippen LogP contribution in [-0.2, 0) is 11.3 Å². The van der Waals surface area contributed by atoms with Gasteiger partial charge >= 0.3 is 0 Å². The average Bonchev–Trinajstić information content (AvgIpc) is 3.17. The van der Waals surface area contributed by atoms with Crippen LogP contribution in [0.15, 0.2) is 46.0 Å². The Balaban J connectivity index is 1.65. The minimum Gasteiger partial charge on any atom is -0.342 e. The summed E-state index contributed by atoms with van der Waals surface area (Å²) >= 11 is 4.80. The van der Waals surface area contributed by atoms with E-state index in [1.807, 2.05) is 69.5 Å². The number of carbonyl (C=O) groups is 2. The lowest BCUT2D eigenvalue weighted by Gasteiger charge is -2.15. The molecule has 0 unspecified atom stereocenters. The highest BCUT2D eigenvalue weighted by molar-refractivity contribution is 9.10. The smallest absolute Gasteiger partial charge is 0.251 e. The van der Waals surface area contributed by atoms with Crippen LogP contribution in [0.25, 0.3) is 0 Å². The molecule has 1 heterocycles. The Bertz CT molecular complexity index is 1150. The second-order valence-electron chi connectivity index (χ2n) is 7.90. The zero-order valence-electron chi connectivity index (χ0n) is 19.4. The summed E-state index contributed by atoms with van der Waals surface area (Å²) in [6.07, 6.45) is 0. The van der Waals surface area contributed by atoms with Crippen LogP contribution in [0.2, 0.25) is 0 Å². The third kappa shape index (κ3) is 6.23. The van der Waals surface area contributed by atoms with Crippen molar-refractivity contribution in [2.45, 2.75) is 52.4 Å². The molecule has 0 radical (unpaired) electrons. The maximum absolute atomic E-state index is 12.6. The molecule has 174 valence electrons. The molecule has 2 N–H and O–H groups in total. The summed E-state index contributed by atoms with van der Waals surface area (Å²) in [6.45, 7) is 10.4. The van der Waals surface area contributed by atoms with Gasteiger partial charge in [-0.2, -0.15) is 0 Å². The first kappa shape index (κ1) is 25.0. The highest BCUT2D eigenvalue weighted by Gasteiger charge is 2.20. The Kier molecular flexibility index (Phi) is 8.31. The van der Waals surface area contributed by atoms with Crippen molar-refractivity contribution in [1.82, 2.24) is 20.1 Å². The van der Waals surface area contributed by atoms with Gasteiger partial charge in [0.2, 0.25) is 5.91 Å². The molecule has 0 bridgehead atoms. The summed E-state index contributed by atoms with van der Waals surface area (Å²) in [5, 5.41) is 15.2. The molecule has 0 aliphatic rings. The Morgan fingerprint density at radius 3 is 2.45 bits per heavy atom. The Morgan fingerprint density at radius 1 is 1.12 bits per heavy atom. The lowest BCUT2D eigenvalue weighted by atomic mass is 10.1. The number of amides is 2. The second-order valence-corrected chi connectivity index (χ2v) is 9.76. The zero-order chi connectivity index (χ0) is 24.1. The summed E-state index contributed by atoms with van der Waals surface area (Å²) in [6, 6.07) is 11.1. The summed E-state index contributed by atoms with van der Waals surface area (Å²) in [4.78, 5) is 25.2. The van der Waals surface area contributed by atoms with Crippen molar-refractivity contribution in [3.63, 3.8) is 0 Å². The molecule has 0 spiro atoms. The molecule has 1 aromatic heterocycles.